The van der Waals surface area contributed by atoms with Crippen molar-refractivity contribution in [3.63, 3.8) is 0 Å². The molecule has 0 aliphatic heterocycles. The molecule has 0 aliphatic rings. The number of aromatic amines is 1. The standard InChI is InChI=1S/C17H12ClF3N4O/c18-11-6-8-12(9-7-11)22-16(26)23-15-13(10-4-2-1-3-5-10)14(24-25-15)17(19,20)21/h1-9H,(H3,22,23,24,25,26). The zero-order chi connectivity index (χ0) is 18.7. The summed E-state index contributed by atoms with van der Waals surface area (Å²) in [5, 5.41) is 10.9. The number of aromatic nitrogens is 2. The molecule has 2 aromatic carbocycles. The van der Waals surface area contributed by atoms with E-state index in [1.54, 1.807) is 42.5 Å². The van der Waals surface area contributed by atoms with Gasteiger partial charge < -0.3 is 5.32 Å². The van der Waals surface area contributed by atoms with Crippen LogP contribution in [0.15, 0.2) is 54.6 Å². The molecule has 0 saturated carbocycles. The third kappa shape index (κ3) is 3.97. The minimum atomic E-state index is -4.65. The molecular weight excluding hydrogens is 369 g/mol. The van der Waals surface area contributed by atoms with Crippen LogP contribution in [-0.2, 0) is 6.18 Å². The van der Waals surface area contributed by atoms with Crippen molar-refractivity contribution in [2.24, 2.45) is 0 Å². The SMILES string of the molecule is O=C(Nc1ccc(Cl)cc1)Nc1n[nH]c(C(F)(F)F)c1-c1ccccc1. The van der Waals surface area contributed by atoms with E-state index in [2.05, 4.69) is 15.7 Å². The van der Waals surface area contributed by atoms with Crippen LogP contribution in [0.1, 0.15) is 5.69 Å². The van der Waals surface area contributed by atoms with Gasteiger partial charge in [0.25, 0.3) is 0 Å². The Morgan fingerprint density at radius 2 is 1.65 bits per heavy atom. The number of nitrogens with one attached hydrogen (secondary N) is 3. The van der Waals surface area contributed by atoms with Crippen molar-refractivity contribution in [2.45, 2.75) is 6.18 Å². The van der Waals surface area contributed by atoms with Gasteiger partial charge in [0.2, 0.25) is 0 Å². The molecule has 1 heterocycles. The first-order valence-electron chi connectivity index (χ1n) is 7.39. The van der Waals surface area contributed by atoms with Gasteiger partial charge in [-0.2, -0.15) is 18.3 Å². The van der Waals surface area contributed by atoms with E-state index in [1.807, 2.05) is 5.10 Å². The molecule has 3 rings (SSSR count). The van der Waals surface area contributed by atoms with Crippen LogP contribution in [-0.4, -0.2) is 16.2 Å². The van der Waals surface area contributed by atoms with E-state index >= 15 is 0 Å². The molecule has 0 saturated heterocycles. The Morgan fingerprint density at radius 1 is 1.00 bits per heavy atom. The summed E-state index contributed by atoms with van der Waals surface area (Å²) < 4.78 is 39.8. The molecule has 1 aromatic heterocycles. The molecule has 3 aromatic rings. The van der Waals surface area contributed by atoms with Gasteiger partial charge in [-0.3, -0.25) is 10.4 Å². The summed E-state index contributed by atoms with van der Waals surface area (Å²) in [5.41, 5.74) is -0.565. The van der Waals surface area contributed by atoms with Crippen LogP contribution in [0.25, 0.3) is 11.1 Å². The van der Waals surface area contributed by atoms with Crippen molar-refractivity contribution >= 4 is 29.1 Å². The van der Waals surface area contributed by atoms with Gasteiger partial charge in [-0.05, 0) is 29.8 Å². The highest BCUT2D eigenvalue weighted by Crippen LogP contribution is 2.39. The van der Waals surface area contributed by atoms with Crippen molar-refractivity contribution in [1.29, 1.82) is 0 Å². The maximum Gasteiger partial charge on any atom is 0.433 e. The fourth-order valence-corrected chi connectivity index (χ4v) is 2.45. The second-order valence-electron chi connectivity index (χ2n) is 5.27. The molecule has 0 fully saturated rings. The van der Waals surface area contributed by atoms with E-state index in [0.717, 1.165) is 0 Å². The summed E-state index contributed by atoms with van der Waals surface area (Å²) in [7, 11) is 0. The summed E-state index contributed by atoms with van der Waals surface area (Å²) in [6, 6.07) is 13.4. The number of hydrogen-bond acceptors (Lipinski definition) is 2. The average Bonchev–Trinajstić information content (AvgIpc) is 3.01. The summed E-state index contributed by atoms with van der Waals surface area (Å²) >= 11 is 5.76. The molecule has 2 amide bonds. The van der Waals surface area contributed by atoms with E-state index in [4.69, 9.17) is 11.6 Å². The number of H-pyrrole nitrogens is 1. The van der Waals surface area contributed by atoms with Crippen LogP contribution < -0.4 is 10.6 Å². The predicted molar refractivity (Wildman–Crippen MR) is 93.1 cm³/mol. The highest BCUT2D eigenvalue weighted by molar-refractivity contribution is 6.30. The molecule has 134 valence electrons. The van der Waals surface area contributed by atoms with Crippen molar-refractivity contribution in [3.8, 4) is 11.1 Å². The van der Waals surface area contributed by atoms with Crippen LogP contribution >= 0.6 is 11.6 Å². The number of hydrogen-bond donors (Lipinski definition) is 3. The fraction of sp³-hybridized carbons (Fsp3) is 0.0588. The molecule has 0 radical (unpaired) electrons. The maximum absolute atomic E-state index is 13.3. The molecule has 5 nitrogen and oxygen atoms in total. The largest absolute Gasteiger partial charge is 0.433 e. The molecule has 0 atom stereocenters. The lowest BCUT2D eigenvalue weighted by Gasteiger charge is -2.10. The molecule has 26 heavy (non-hydrogen) atoms. The summed E-state index contributed by atoms with van der Waals surface area (Å²) in [6.07, 6.45) is -4.65. The molecule has 0 bridgehead atoms. The fourth-order valence-electron chi connectivity index (χ4n) is 2.33. The Balaban J connectivity index is 1.89. The first-order valence-corrected chi connectivity index (χ1v) is 7.77. The van der Waals surface area contributed by atoms with Gasteiger partial charge in [0.15, 0.2) is 5.82 Å². The maximum atomic E-state index is 13.3. The number of amides is 2. The number of nitrogens with zero attached hydrogens (tertiary/aromatic N) is 1. The lowest BCUT2D eigenvalue weighted by molar-refractivity contribution is -0.140. The second kappa shape index (κ2) is 7.09. The molecule has 3 N–H and O–H groups in total. The third-order valence-electron chi connectivity index (χ3n) is 3.45. The molecular formula is C17H12ClF3N4O. The smallest absolute Gasteiger partial charge is 0.308 e. The number of alkyl halides is 3. The van der Waals surface area contributed by atoms with Gasteiger partial charge in [-0.15, -0.1) is 0 Å². The van der Waals surface area contributed by atoms with Gasteiger partial charge in [0, 0.05) is 10.7 Å². The predicted octanol–water partition coefficient (Wildman–Crippen LogP) is 5.39. The quantitative estimate of drug-likeness (QED) is 0.570. The zero-order valence-corrected chi connectivity index (χ0v) is 13.8. The van der Waals surface area contributed by atoms with Crippen molar-refractivity contribution < 1.29 is 18.0 Å². The van der Waals surface area contributed by atoms with Crippen LogP contribution in [0.2, 0.25) is 5.02 Å². The highest BCUT2D eigenvalue weighted by atomic mass is 35.5. The minimum Gasteiger partial charge on any atom is -0.308 e. The van der Waals surface area contributed by atoms with Crippen molar-refractivity contribution in [1.82, 2.24) is 10.2 Å². The van der Waals surface area contributed by atoms with Gasteiger partial charge in [-0.1, -0.05) is 41.9 Å². The number of rotatable bonds is 3. The Bertz CT molecular complexity index is 908. The first kappa shape index (κ1) is 17.8. The normalized spacial score (nSPS) is 11.2. The second-order valence-corrected chi connectivity index (χ2v) is 5.71. The lowest BCUT2D eigenvalue weighted by atomic mass is 10.1. The van der Waals surface area contributed by atoms with E-state index < -0.39 is 17.9 Å². The average molecular weight is 381 g/mol. The zero-order valence-electron chi connectivity index (χ0n) is 13.1. The molecule has 0 aliphatic carbocycles. The van der Waals surface area contributed by atoms with Crippen LogP contribution in [0.5, 0.6) is 0 Å². The van der Waals surface area contributed by atoms with E-state index in [1.165, 1.54) is 12.1 Å². The van der Waals surface area contributed by atoms with E-state index in [9.17, 15) is 18.0 Å². The Morgan fingerprint density at radius 3 is 2.27 bits per heavy atom. The summed E-state index contributed by atoms with van der Waals surface area (Å²) in [4.78, 5) is 12.1. The van der Waals surface area contributed by atoms with Gasteiger partial charge in [-0.25, -0.2) is 4.79 Å². The number of carbonyl (C=O) groups is 1. The third-order valence-corrected chi connectivity index (χ3v) is 3.70. The summed E-state index contributed by atoms with van der Waals surface area (Å²) in [5.74, 6) is -0.227. The number of urea groups is 1. The Labute approximate surface area is 151 Å². The van der Waals surface area contributed by atoms with E-state index in [-0.39, 0.29) is 16.9 Å². The van der Waals surface area contributed by atoms with Crippen LogP contribution in [0, 0.1) is 0 Å². The van der Waals surface area contributed by atoms with Gasteiger partial charge in [0.05, 0.1) is 5.56 Å². The van der Waals surface area contributed by atoms with Crippen LogP contribution in [0.4, 0.5) is 29.5 Å². The molecule has 9 heteroatoms. The van der Waals surface area contributed by atoms with Crippen molar-refractivity contribution in [2.75, 3.05) is 10.6 Å². The minimum absolute atomic E-state index is 0.227. The number of halogens is 4. The van der Waals surface area contributed by atoms with Gasteiger partial charge in [0.1, 0.15) is 5.69 Å². The van der Waals surface area contributed by atoms with Gasteiger partial charge >= 0.3 is 12.2 Å². The Kier molecular flexibility index (Phi) is 4.85. The monoisotopic (exact) mass is 380 g/mol. The van der Waals surface area contributed by atoms with Crippen molar-refractivity contribution in [3.05, 3.63) is 65.3 Å². The molecule has 0 unspecified atom stereocenters. The van der Waals surface area contributed by atoms with E-state index in [0.29, 0.717) is 10.7 Å². The number of benzene rings is 2. The molecule has 0 spiro atoms. The lowest BCUT2D eigenvalue weighted by Crippen LogP contribution is -2.20. The first-order chi connectivity index (χ1) is 12.3. The van der Waals surface area contributed by atoms with Crippen LogP contribution in [0.3, 0.4) is 0 Å². The Hall–Kier alpha value is -3.00. The number of anilines is 2. The summed E-state index contributed by atoms with van der Waals surface area (Å²) in [6.45, 7) is 0. The number of carbonyl (C=O) groups excluding carboxylic acids is 1. The highest BCUT2D eigenvalue weighted by Gasteiger charge is 2.38. The topological polar surface area (TPSA) is 69.8 Å².